The van der Waals surface area contributed by atoms with Gasteiger partial charge in [-0.25, -0.2) is 0 Å². The molecule has 19 heavy (non-hydrogen) atoms. The summed E-state index contributed by atoms with van der Waals surface area (Å²) in [5.41, 5.74) is 3.69. The van der Waals surface area contributed by atoms with Crippen LogP contribution in [0.5, 0.6) is 5.75 Å². The fourth-order valence-corrected chi connectivity index (χ4v) is 2.16. The molecule has 1 atom stereocenters. The van der Waals surface area contributed by atoms with E-state index in [1.165, 1.54) is 11.1 Å². The fraction of sp³-hybridized carbons (Fsp3) is 0.625. The van der Waals surface area contributed by atoms with Crippen LogP contribution in [0.3, 0.4) is 0 Å². The lowest BCUT2D eigenvalue weighted by molar-refractivity contribution is 0.186. The van der Waals surface area contributed by atoms with Gasteiger partial charge in [-0.2, -0.15) is 0 Å². The standard InChI is InChI=1S/C16H27NO2/c1-11(2)15(10-18)9-17-8-14-6-13(4)16(19-5)7-12(14)3/h6-7,11,15,17-18H,8-10H2,1-5H3. The molecular formula is C16H27NO2. The molecule has 0 fully saturated rings. The number of benzene rings is 1. The van der Waals surface area contributed by atoms with Crippen LogP contribution in [-0.4, -0.2) is 25.4 Å². The maximum atomic E-state index is 9.30. The average molecular weight is 265 g/mol. The molecule has 0 aliphatic heterocycles. The molecule has 0 heterocycles. The van der Waals surface area contributed by atoms with Crippen molar-refractivity contribution in [3.05, 3.63) is 28.8 Å². The molecule has 0 radical (unpaired) electrons. The molecular weight excluding hydrogens is 238 g/mol. The molecule has 1 unspecified atom stereocenters. The number of rotatable bonds is 7. The lowest BCUT2D eigenvalue weighted by atomic mass is 9.96. The zero-order valence-electron chi connectivity index (χ0n) is 12.8. The van der Waals surface area contributed by atoms with E-state index in [1.807, 2.05) is 0 Å². The average Bonchev–Trinajstić information content (AvgIpc) is 2.37. The first-order valence-corrected chi connectivity index (χ1v) is 6.95. The lowest BCUT2D eigenvalue weighted by Gasteiger charge is -2.19. The molecule has 0 aliphatic rings. The third-order valence-corrected chi connectivity index (χ3v) is 3.75. The van der Waals surface area contributed by atoms with Gasteiger partial charge in [-0.05, 0) is 48.4 Å². The van der Waals surface area contributed by atoms with Crippen molar-refractivity contribution in [2.24, 2.45) is 11.8 Å². The number of aliphatic hydroxyl groups excluding tert-OH is 1. The zero-order chi connectivity index (χ0) is 14.4. The Balaban J connectivity index is 2.61. The number of methoxy groups -OCH3 is 1. The van der Waals surface area contributed by atoms with E-state index in [-0.39, 0.29) is 6.61 Å². The number of aliphatic hydroxyl groups is 1. The Morgan fingerprint density at radius 1 is 1.21 bits per heavy atom. The van der Waals surface area contributed by atoms with Gasteiger partial charge in [0.1, 0.15) is 5.75 Å². The van der Waals surface area contributed by atoms with Gasteiger partial charge in [-0.3, -0.25) is 0 Å². The first-order chi connectivity index (χ1) is 8.99. The summed E-state index contributed by atoms with van der Waals surface area (Å²) in [6.07, 6.45) is 0. The van der Waals surface area contributed by atoms with Gasteiger partial charge in [0.05, 0.1) is 7.11 Å². The zero-order valence-corrected chi connectivity index (χ0v) is 12.8. The van der Waals surface area contributed by atoms with Crippen molar-refractivity contribution < 1.29 is 9.84 Å². The van der Waals surface area contributed by atoms with E-state index in [4.69, 9.17) is 4.74 Å². The van der Waals surface area contributed by atoms with Crippen molar-refractivity contribution in [2.45, 2.75) is 34.2 Å². The van der Waals surface area contributed by atoms with Crippen molar-refractivity contribution in [3.8, 4) is 5.75 Å². The SMILES string of the molecule is COc1cc(C)c(CNCC(CO)C(C)C)cc1C. The van der Waals surface area contributed by atoms with Gasteiger partial charge in [-0.1, -0.05) is 19.9 Å². The minimum atomic E-state index is 0.241. The Kier molecular flexibility index (Phi) is 6.32. The van der Waals surface area contributed by atoms with E-state index >= 15 is 0 Å². The third-order valence-electron chi connectivity index (χ3n) is 3.75. The summed E-state index contributed by atoms with van der Waals surface area (Å²) in [5.74, 6) is 1.76. The molecule has 0 aromatic heterocycles. The second-order valence-corrected chi connectivity index (χ2v) is 5.57. The largest absolute Gasteiger partial charge is 0.496 e. The molecule has 108 valence electrons. The molecule has 0 saturated carbocycles. The van der Waals surface area contributed by atoms with Crippen molar-refractivity contribution in [1.82, 2.24) is 5.32 Å². The number of hydrogen-bond donors (Lipinski definition) is 2. The minimum absolute atomic E-state index is 0.241. The van der Waals surface area contributed by atoms with E-state index in [2.05, 4.69) is 45.1 Å². The first-order valence-electron chi connectivity index (χ1n) is 6.95. The van der Waals surface area contributed by atoms with Gasteiger partial charge >= 0.3 is 0 Å². The summed E-state index contributed by atoms with van der Waals surface area (Å²) in [5, 5.41) is 12.7. The highest BCUT2D eigenvalue weighted by atomic mass is 16.5. The summed E-state index contributed by atoms with van der Waals surface area (Å²) < 4.78 is 5.32. The molecule has 0 bridgehead atoms. The van der Waals surface area contributed by atoms with E-state index in [1.54, 1.807) is 7.11 Å². The Morgan fingerprint density at radius 3 is 2.42 bits per heavy atom. The highest BCUT2D eigenvalue weighted by Crippen LogP contribution is 2.22. The van der Waals surface area contributed by atoms with E-state index in [9.17, 15) is 5.11 Å². The first kappa shape index (κ1) is 16.0. The van der Waals surface area contributed by atoms with Crippen LogP contribution in [-0.2, 0) is 6.54 Å². The summed E-state index contributed by atoms with van der Waals surface area (Å²) in [6.45, 7) is 10.4. The normalized spacial score (nSPS) is 12.8. The predicted molar refractivity (Wildman–Crippen MR) is 79.6 cm³/mol. The lowest BCUT2D eigenvalue weighted by Crippen LogP contribution is -2.28. The maximum Gasteiger partial charge on any atom is 0.122 e. The third kappa shape index (κ3) is 4.51. The highest BCUT2D eigenvalue weighted by molar-refractivity contribution is 5.41. The van der Waals surface area contributed by atoms with Crippen LogP contribution in [0.4, 0.5) is 0 Å². The van der Waals surface area contributed by atoms with Crippen LogP contribution < -0.4 is 10.1 Å². The number of hydrogen-bond acceptors (Lipinski definition) is 3. The molecule has 3 nitrogen and oxygen atoms in total. The van der Waals surface area contributed by atoms with E-state index in [0.717, 1.165) is 24.4 Å². The van der Waals surface area contributed by atoms with Crippen molar-refractivity contribution in [1.29, 1.82) is 0 Å². The maximum absolute atomic E-state index is 9.30. The van der Waals surface area contributed by atoms with Gasteiger partial charge in [0.15, 0.2) is 0 Å². The number of nitrogens with one attached hydrogen (secondary N) is 1. The van der Waals surface area contributed by atoms with Crippen LogP contribution in [0, 0.1) is 25.7 Å². The van der Waals surface area contributed by atoms with Crippen LogP contribution in [0.25, 0.3) is 0 Å². The van der Waals surface area contributed by atoms with Gasteiger partial charge < -0.3 is 15.2 Å². The molecule has 1 aromatic rings. The number of aryl methyl sites for hydroxylation is 2. The molecule has 0 amide bonds. The molecule has 3 heteroatoms. The monoisotopic (exact) mass is 265 g/mol. The molecule has 1 aromatic carbocycles. The molecule has 2 N–H and O–H groups in total. The van der Waals surface area contributed by atoms with Gasteiger partial charge in [0.25, 0.3) is 0 Å². The van der Waals surface area contributed by atoms with Crippen molar-refractivity contribution >= 4 is 0 Å². The molecule has 0 spiro atoms. The minimum Gasteiger partial charge on any atom is -0.496 e. The summed E-state index contributed by atoms with van der Waals surface area (Å²) in [4.78, 5) is 0. The van der Waals surface area contributed by atoms with Crippen LogP contribution in [0.2, 0.25) is 0 Å². The smallest absolute Gasteiger partial charge is 0.122 e. The Morgan fingerprint density at radius 2 is 1.89 bits per heavy atom. The summed E-state index contributed by atoms with van der Waals surface area (Å²) in [6, 6.07) is 4.25. The van der Waals surface area contributed by atoms with Crippen LogP contribution in [0.1, 0.15) is 30.5 Å². The molecule has 1 rings (SSSR count). The topological polar surface area (TPSA) is 41.5 Å². The molecule has 0 saturated heterocycles. The highest BCUT2D eigenvalue weighted by Gasteiger charge is 2.12. The predicted octanol–water partition coefficient (Wildman–Crippen LogP) is 2.67. The Hall–Kier alpha value is -1.06. The van der Waals surface area contributed by atoms with E-state index < -0.39 is 0 Å². The number of ether oxygens (including phenoxy) is 1. The van der Waals surface area contributed by atoms with E-state index in [0.29, 0.717) is 11.8 Å². The summed E-state index contributed by atoms with van der Waals surface area (Å²) >= 11 is 0. The second kappa shape index (κ2) is 7.51. The fourth-order valence-electron chi connectivity index (χ4n) is 2.16. The van der Waals surface area contributed by atoms with Crippen LogP contribution in [0.15, 0.2) is 12.1 Å². The van der Waals surface area contributed by atoms with Gasteiger partial charge in [0, 0.05) is 19.7 Å². The van der Waals surface area contributed by atoms with Gasteiger partial charge in [0.2, 0.25) is 0 Å². The summed E-state index contributed by atoms with van der Waals surface area (Å²) in [7, 11) is 1.70. The quantitative estimate of drug-likeness (QED) is 0.796. The van der Waals surface area contributed by atoms with Crippen molar-refractivity contribution in [3.63, 3.8) is 0 Å². The second-order valence-electron chi connectivity index (χ2n) is 5.57. The molecule has 0 aliphatic carbocycles. The Bertz CT molecular complexity index is 402. The van der Waals surface area contributed by atoms with Crippen molar-refractivity contribution in [2.75, 3.05) is 20.3 Å². The Labute approximate surface area is 117 Å². The van der Waals surface area contributed by atoms with Gasteiger partial charge in [-0.15, -0.1) is 0 Å². The van der Waals surface area contributed by atoms with Crippen LogP contribution >= 0.6 is 0 Å².